The molecule has 0 saturated heterocycles. The van der Waals surface area contributed by atoms with Gasteiger partial charge in [0.05, 0.1) is 10.9 Å². The molecule has 0 amide bonds. The van der Waals surface area contributed by atoms with Crippen molar-refractivity contribution in [1.82, 2.24) is 0 Å². The highest BCUT2D eigenvalue weighted by atomic mass is 32.2. The van der Waals surface area contributed by atoms with Crippen molar-refractivity contribution in [3.05, 3.63) is 90.0 Å². The quantitative estimate of drug-likeness (QED) is 0.325. The molecule has 0 saturated carbocycles. The zero-order chi connectivity index (χ0) is 22.1. The van der Waals surface area contributed by atoms with Gasteiger partial charge in [-0.1, -0.05) is 49.7 Å². The van der Waals surface area contributed by atoms with Gasteiger partial charge in [0.2, 0.25) is 5.78 Å². The van der Waals surface area contributed by atoms with Crippen LogP contribution in [0.15, 0.2) is 88.7 Å². The van der Waals surface area contributed by atoms with E-state index >= 15 is 0 Å². The lowest BCUT2D eigenvalue weighted by Crippen LogP contribution is -2.21. The number of benzene rings is 3. The number of hydrogen-bond acceptors (Lipinski definition) is 3. The molecule has 3 aromatic carbocycles. The maximum atomic E-state index is 13.3. The second-order valence-corrected chi connectivity index (χ2v) is 9.69. The fourth-order valence-electron chi connectivity index (χ4n) is 3.65. The van der Waals surface area contributed by atoms with Crippen molar-refractivity contribution in [1.29, 1.82) is 0 Å². The SMILES string of the molecule is CCCCN(C)c1ccc(C(=O)C[S+](c2ccccc2)c2ccccc2)cc1CCO. The maximum absolute atomic E-state index is 13.3. The van der Waals surface area contributed by atoms with Crippen molar-refractivity contribution in [3.63, 3.8) is 0 Å². The first-order valence-electron chi connectivity index (χ1n) is 10.9. The molecule has 0 radical (unpaired) electrons. The maximum Gasteiger partial charge on any atom is 0.212 e. The first-order valence-corrected chi connectivity index (χ1v) is 12.3. The number of unbranched alkanes of at least 4 members (excludes halogenated alkanes) is 1. The number of rotatable bonds is 11. The van der Waals surface area contributed by atoms with Crippen molar-refractivity contribution in [3.8, 4) is 0 Å². The van der Waals surface area contributed by atoms with Crippen molar-refractivity contribution < 1.29 is 9.90 Å². The number of carbonyl (C=O) groups excluding carboxylic acids is 1. The molecule has 3 nitrogen and oxygen atoms in total. The van der Waals surface area contributed by atoms with E-state index in [4.69, 9.17) is 0 Å². The van der Waals surface area contributed by atoms with Crippen molar-refractivity contribution in [2.24, 2.45) is 0 Å². The highest BCUT2D eigenvalue weighted by Gasteiger charge is 2.29. The molecular formula is C27H32NO2S+. The van der Waals surface area contributed by atoms with Crippen molar-refractivity contribution >= 4 is 22.4 Å². The molecule has 4 heteroatoms. The van der Waals surface area contributed by atoms with Crippen molar-refractivity contribution in [2.45, 2.75) is 36.0 Å². The van der Waals surface area contributed by atoms with Crippen LogP contribution in [0.25, 0.3) is 0 Å². The Labute approximate surface area is 189 Å². The van der Waals surface area contributed by atoms with Crippen LogP contribution < -0.4 is 4.90 Å². The van der Waals surface area contributed by atoms with E-state index in [1.54, 1.807) is 0 Å². The molecular weight excluding hydrogens is 402 g/mol. The monoisotopic (exact) mass is 434 g/mol. The smallest absolute Gasteiger partial charge is 0.212 e. The summed E-state index contributed by atoms with van der Waals surface area (Å²) in [5.41, 5.74) is 2.86. The summed E-state index contributed by atoms with van der Waals surface area (Å²) in [7, 11) is 1.76. The van der Waals surface area contributed by atoms with Crippen LogP contribution in [-0.2, 0) is 17.3 Å². The minimum absolute atomic E-state index is 0.0741. The number of hydrogen-bond donors (Lipinski definition) is 1. The molecule has 0 fully saturated rings. The number of nitrogens with zero attached hydrogens (tertiary/aromatic N) is 1. The summed E-state index contributed by atoms with van der Waals surface area (Å²) in [6.07, 6.45) is 2.81. The molecule has 0 bridgehead atoms. The fraction of sp³-hybridized carbons (Fsp3) is 0.296. The summed E-state index contributed by atoms with van der Waals surface area (Å²) in [5.74, 6) is 0.579. The number of Topliss-reactive ketones (excluding diaryl/α,β-unsaturated/α-hetero) is 1. The predicted octanol–water partition coefficient (Wildman–Crippen LogP) is 5.38. The van der Waals surface area contributed by atoms with Gasteiger partial charge in [0, 0.05) is 31.5 Å². The molecule has 0 heterocycles. The van der Waals surface area contributed by atoms with Crippen molar-refractivity contribution in [2.75, 3.05) is 30.9 Å². The van der Waals surface area contributed by atoms with Gasteiger partial charge in [0.1, 0.15) is 0 Å². The van der Waals surface area contributed by atoms with Crippen LogP contribution in [0, 0.1) is 0 Å². The molecule has 3 aromatic rings. The van der Waals surface area contributed by atoms with E-state index in [0.717, 1.165) is 36.2 Å². The molecule has 0 atom stereocenters. The van der Waals surface area contributed by atoms with Gasteiger partial charge in [-0.15, -0.1) is 0 Å². The van der Waals surface area contributed by atoms with E-state index in [2.05, 4.69) is 43.1 Å². The van der Waals surface area contributed by atoms with E-state index in [-0.39, 0.29) is 23.3 Å². The van der Waals surface area contributed by atoms with E-state index < -0.39 is 0 Å². The molecule has 0 aliphatic rings. The van der Waals surface area contributed by atoms with Crippen LogP contribution >= 0.6 is 0 Å². The summed E-state index contributed by atoms with van der Waals surface area (Å²) in [6.45, 7) is 3.22. The minimum Gasteiger partial charge on any atom is -0.396 e. The van der Waals surface area contributed by atoms with Crippen LogP contribution in [0.1, 0.15) is 35.7 Å². The molecule has 31 heavy (non-hydrogen) atoms. The normalized spacial score (nSPS) is 11.0. The Hall–Kier alpha value is -2.56. The van der Waals surface area contributed by atoms with Gasteiger partial charge in [-0.2, -0.15) is 0 Å². The summed E-state index contributed by atoms with van der Waals surface area (Å²) in [5, 5.41) is 9.57. The average Bonchev–Trinajstić information content (AvgIpc) is 2.82. The van der Waals surface area contributed by atoms with E-state index in [1.165, 1.54) is 9.79 Å². The number of carbonyl (C=O) groups is 1. The molecule has 0 spiro atoms. The van der Waals surface area contributed by atoms with E-state index in [9.17, 15) is 9.90 Å². The van der Waals surface area contributed by atoms with Gasteiger partial charge in [0.25, 0.3) is 0 Å². The Morgan fingerprint density at radius 1 is 0.935 bits per heavy atom. The van der Waals surface area contributed by atoms with Crippen LogP contribution in [-0.4, -0.2) is 36.8 Å². The fourth-order valence-corrected chi connectivity index (χ4v) is 5.66. The lowest BCUT2D eigenvalue weighted by molar-refractivity contribution is 0.102. The first-order chi connectivity index (χ1) is 15.1. The summed E-state index contributed by atoms with van der Waals surface area (Å²) in [6, 6.07) is 26.5. The zero-order valence-corrected chi connectivity index (χ0v) is 19.3. The number of anilines is 1. The number of ketones is 1. The summed E-state index contributed by atoms with van der Waals surface area (Å²) >= 11 is 0. The molecule has 3 rings (SSSR count). The first kappa shape index (κ1) is 23.1. The Morgan fingerprint density at radius 2 is 1.55 bits per heavy atom. The third-order valence-electron chi connectivity index (χ3n) is 5.37. The molecule has 1 N–H and O–H groups in total. The standard InChI is InChI=1S/C27H32NO2S/c1-3-4-18-28(2)26-16-15-23(20-22(26)17-19-29)27(30)21-31(24-11-7-5-8-12-24)25-13-9-6-10-14-25/h5-16,20,29H,3-4,17-19,21H2,1-2H3/q+1. The lowest BCUT2D eigenvalue weighted by Gasteiger charge is -2.23. The van der Waals surface area contributed by atoms with Gasteiger partial charge in [-0.3, -0.25) is 4.79 Å². The zero-order valence-electron chi connectivity index (χ0n) is 18.5. The Kier molecular flexibility index (Phi) is 8.74. The highest BCUT2D eigenvalue weighted by molar-refractivity contribution is 7.97. The largest absolute Gasteiger partial charge is 0.396 e. The molecule has 0 aliphatic heterocycles. The highest BCUT2D eigenvalue weighted by Crippen LogP contribution is 2.26. The molecule has 0 unspecified atom stereocenters. The topological polar surface area (TPSA) is 40.5 Å². The van der Waals surface area contributed by atoms with Crippen LogP contribution in [0.4, 0.5) is 5.69 Å². The number of aliphatic hydroxyl groups is 1. The Morgan fingerprint density at radius 3 is 2.10 bits per heavy atom. The van der Waals surface area contributed by atoms with Gasteiger partial charge >= 0.3 is 0 Å². The average molecular weight is 435 g/mol. The van der Waals surface area contributed by atoms with E-state index in [0.29, 0.717) is 12.2 Å². The van der Waals surface area contributed by atoms with Crippen LogP contribution in [0.5, 0.6) is 0 Å². The summed E-state index contributed by atoms with van der Waals surface area (Å²) < 4.78 is 0. The Bertz CT molecular complexity index is 920. The molecule has 162 valence electrons. The minimum atomic E-state index is -0.320. The summed E-state index contributed by atoms with van der Waals surface area (Å²) in [4.78, 5) is 17.9. The van der Waals surface area contributed by atoms with Crippen LogP contribution in [0.2, 0.25) is 0 Å². The number of aliphatic hydroxyl groups excluding tert-OH is 1. The van der Waals surface area contributed by atoms with E-state index in [1.807, 2.05) is 54.6 Å². The Balaban J connectivity index is 1.87. The molecule has 0 aliphatic carbocycles. The van der Waals surface area contributed by atoms with Gasteiger partial charge in [-0.05, 0) is 60.9 Å². The molecule has 0 aromatic heterocycles. The predicted molar refractivity (Wildman–Crippen MR) is 131 cm³/mol. The van der Waals surface area contributed by atoms with Gasteiger partial charge in [-0.25, -0.2) is 0 Å². The second-order valence-electron chi connectivity index (χ2n) is 7.68. The third-order valence-corrected chi connectivity index (χ3v) is 7.61. The third kappa shape index (κ3) is 6.22. The van der Waals surface area contributed by atoms with Gasteiger partial charge < -0.3 is 10.0 Å². The van der Waals surface area contributed by atoms with Crippen LogP contribution in [0.3, 0.4) is 0 Å². The lowest BCUT2D eigenvalue weighted by atomic mass is 10.0. The van der Waals surface area contributed by atoms with Gasteiger partial charge in [0.15, 0.2) is 15.5 Å². The second kappa shape index (κ2) is 11.7.